The second kappa shape index (κ2) is 7.14. The van der Waals surface area contributed by atoms with Crippen molar-refractivity contribution in [2.24, 2.45) is 5.41 Å². The number of carbonyl (C=O) groups excluding carboxylic acids is 1. The summed E-state index contributed by atoms with van der Waals surface area (Å²) in [5, 5.41) is 8.62. The predicted octanol–water partition coefficient (Wildman–Crippen LogP) is 5.83. The van der Waals surface area contributed by atoms with E-state index in [1.165, 1.54) is 0 Å². The third-order valence-electron chi connectivity index (χ3n) is 3.84. The monoisotopic (exact) mass is 387 g/mol. The average Bonchev–Trinajstić information content (AvgIpc) is 3.00. The summed E-state index contributed by atoms with van der Waals surface area (Å²) in [6, 6.07) is 16.7. The van der Waals surface area contributed by atoms with E-state index in [2.05, 4.69) is 10.4 Å². The second-order valence-corrected chi connectivity index (χ2v) is 7.84. The number of nitrogens with zero attached hydrogens (tertiary/aromatic N) is 2. The molecule has 3 aromatic rings. The lowest BCUT2D eigenvalue weighted by Crippen LogP contribution is -2.28. The van der Waals surface area contributed by atoms with E-state index < -0.39 is 5.41 Å². The van der Waals surface area contributed by atoms with E-state index in [0.717, 1.165) is 11.3 Å². The van der Waals surface area contributed by atoms with Gasteiger partial charge < -0.3 is 5.32 Å². The van der Waals surface area contributed by atoms with Crippen LogP contribution in [0.1, 0.15) is 20.8 Å². The van der Waals surface area contributed by atoms with Gasteiger partial charge in [-0.3, -0.25) is 4.79 Å². The molecule has 6 heteroatoms. The molecule has 26 heavy (non-hydrogen) atoms. The molecule has 0 spiro atoms. The van der Waals surface area contributed by atoms with Gasteiger partial charge in [0.2, 0.25) is 5.91 Å². The van der Waals surface area contributed by atoms with Crippen molar-refractivity contribution in [1.29, 1.82) is 0 Å². The molecule has 1 amide bonds. The first-order valence-corrected chi connectivity index (χ1v) is 8.93. The number of halogens is 2. The normalized spacial score (nSPS) is 11.4. The van der Waals surface area contributed by atoms with Gasteiger partial charge in [-0.05, 0) is 18.2 Å². The molecule has 1 heterocycles. The molecule has 0 saturated heterocycles. The lowest BCUT2D eigenvalue weighted by Gasteiger charge is -2.18. The molecule has 0 unspecified atom stereocenters. The third-order valence-corrected chi connectivity index (χ3v) is 4.39. The molecule has 3 rings (SSSR count). The molecule has 0 aliphatic rings. The molecule has 0 aliphatic heterocycles. The zero-order chi connectivity index (χ0) is 18.9. The SMILES string of the molecule is CC(C)(C)C(=O)Nc1cc(-c2ccccc2)nn1-c1cc(Cl)ccc1Cl. The van der Waals surface area contributed by atoms with Crippen LogP contribution in [0.15, 0.2) is 54.6 Å². The van der Waals surface area contributed by atoms with E-state index in [0.29, 0.717) is 21.6 Å². The first-order chi connectivity index (χ1) is 12.3. The van der Waals surface area contributed by atoms with Crippen molar-refractivity contribution < 1.29 is 4.79 Å². The van der Waals surface area contributed by atoms with Crippen LogP contribution < -0.4 is 5.32 Å². The molecular formula is C20H19Cl2N3O. The number of amides is 1. The van der Waals surface area contributed by atoms with Gasteiger partial charge in [0.15, 0.2) is 0 Å². The Hall–Kier alpha value is -2.30. The second-order valence-electron chi connectivity index (χ2n) is 6.99. The van der Waals surface area contributed by atoms with E-state index in [1.807, 2.05) is 57.2 Å². The zero-order valence-corrected chi connectivity index (χ0v) is 16.3. The molecule has 1 aromatic heterocycles. The van der Waals surface area contributed by atoms with Gasteiger partial charge >= 0.3 is 0 Å². The van der Waals surface area contributed by atoms with Crippen molar-refractivity contribution in [3.05, 3.63) is 64.6 Å². The number of aromatic nitrogens is 2. The van der Waals surface area contributed by atoms with Crippen LogP contribution in [0.25, 0.3) is 16.9 Å². The quantitative estimate of drug-likeness (QED) is 0.614. The van der Waals surface area contributed by atoms with Crippen LogP contribution in [0.3, 0.4) is 0 Å². The van der Waals surface area contributed by atoms with Crippen molar-refractivity contribution >= 4 is 34.9 Å². The number of carbonyl (C=O) groups is 1. The highest BCUT2D eigenvalue weighted by Gasteiger charge is 2.24. The Balaban J connectivity index is 2.13. The molecular weight excluding hydrogens is 369 g/mol. The van der Waals surface area contributed by atoms with Gasteiger partial charge in [0.25, 0.3) is 0 Å². The summed E-state index contributed by atoms with van der Waals surface area (Å²) in [5.74, 6) is 0.421. The summed E-state index contributed by atoms with van der Waals surface area (Å²) in [5.41, 5.74) is 1.73. The summed E-state index contributed by atoms with van der Waals surface area (Å²) in [6.07, 6.45) is 0. The Morgan fingerprint density at radius 3 is 2.38 bits per heavy atom. The Kier molecular flexibility index (Phi) is 5.08. The average molecular weight is 388 g/mol. The van der Waals surface area contributed by atoms with Crippen molar-refractivity contribution in [1.82, 2.24) is 9.78 Å². The van der Waals surface area contributed by atoms with Gasteiger partial charge in [-0.2, -0.15) is 5.10 Å². The fourth-order valence-electron chi connectivity index (χ4n) is 2.36. The lowest BCUT2D eigenvalue weighted by atomic mass is 9.96. The highest BCUT2D eigenvalue weighted by molar-refractivity contribution is 6.34. The van der Waals surface area contributed by atoms with Gasteiger partial charge in [-0.25, -0.2) is 4.68 Å². The molecule has 4 nitrogen and oxygen atoms in total. The van der Waals surface area contributed by atoms with Crippen LogP contribution in [-0.4, -0.2) is 15.7 Å². The maximum absolute atomic E-state index is 12.5. The fourth-order valence-corrected chi connectivity index (χ4v) is 2.72. The highest BCUT2D eigenvalue weighted by Crippen LogP contribution is 2.30. The Morgan fingerprint density at radius 2 is 1.73 bits per heavy atom. The molecule has 1 N–H and O–H groups in total. The molecule has 0 saturated carbocycles. The predicted molar refractivity (Wildman–Crippen MR) is 107 cm³/mol. The number of hydrogen-bond donors (Lipinski definition) is 1. The molecule has 0 atom stereocenters. The van der Waals surface area contributed by atoms with Crippen molar-refractivity contribution in [2.75, 3.05) is 5.32 Å². The van der Waals surface area contributed by atoms with E-state index >= 15 is 0 Å². The standard InChI is InChI=1S/C20H19Cl2N3O/c1-20(2,3)19(26)23-18-12-16(13-7-5-4-6-8-13)24-25(18)17-11-14(21)9-10-15(17)22/h4-12H,1-3H3,(H,23,26). The fraction of sp³-hybridized carbons (Fsp3) is 0.200. The minimum Gasteiger partial charge on any atom is -0.310 e. The summed E-state index contributed by atoms with van der Waals surface area (Å²) in [6.45, 7) is 5.56. The van der Waals surface area contributed by atoms with Crippen LogP contribution in [0.2, 0.25) is 10.0 Å². The van der Waals surface area contributed by atoms with Crippen molar-refractivity contribution in [3.8, 4) is 16.9 Å². The Morgan fingerprint density at radius 1 is 1.04 bits per heavy atom. The Labute approximate surface area is 162 Å². The van der Waals surface area contributed by atoms with Gasteiger partial charge in [-0.1, -0.05) is 74.3 Å². The molecule has 134 valence electrons. The largest absolute Gasteiger partial charge is 0.310 e. The molecule has 0 bridgehead atoms. The van der Waals surface area contributed by atoms with Crippen LogP contribution >= 0.6 is 23.2 Å². The molecule has 0 aliphatic carbocycles. The first-order valence-electron chi connectivity index (χ1n) is 8.18. The molecule has 0 fully saturated rings. The number of nitrogens with one attached hydrogen (secondary N) is 1. The van der Waals surface area contributed by atoms with E-state index in [9.17, 15) is 4.79 Å². The van der Waals surface area contributed by atoms with E-state index in [4.69, 9.17) is 23.2 Å². The van der Waals surface area contributed by atoms with Crippen LogP contribution in [0.5, 0.6) is 0 Å². The summed E-state index contributed by atoms with van der Waals surface area (Å²) >= 11 is 12.5. The minimum atomic E-state index is -0.542. The smallest absolute Gasteiger partial charge is 0.230 e. The maximum atomic E-state index is 12.5. The van der Waals surface area contributed by atoms with Crippen LogP contribution in [0.4, 0.5) is 5.82 Å². The van der Waals surface area contributed by atoms with E-state index in [-0.39, 0.29) is 5.91 Å². The summed E-state index contributed by atoms with van der Waals surface area (Å²) < 4.78 is 1.61. The van der Waals surface area contributed by atoms with Crippen molar-refractivity contribution in [3.63, 3.8) is 0 Å². The topological polar surface area (TPSA) is 46.9 Å². The first kappa shape index (κ1) is 18.5. The van der Waals surface area contributed by atoms with Crippen molar-refractivity contribution in [2.45, 2.75) is 20.8 Å². The highest BCUT2D eigenvalue weighted by atomic mass is 35.5. The van der Waals surface area contributed by atoms with Crippen LogP contribution in [0, 0.1) is 5.41 Å². The maximum Gasteiger partial charge on any atom is 0.230 e. The van der Waals surface area contributed by atoms with E-state index in [1.54, 1.807) is 22.9 Å². The summed E-state index contributed by atoms with van der Waals surface area (Å²) in [7, 11) is 0. The lowest BCUT2D eigenvalue weighted by molar-refractivity contribution is -0.123. The van der Waals surface area contributed by atoms with Gasteiger partial charge in [-0.15, -0.1) is 0 Å². The Bertz CT molecular complexity index is 943. The number of benzene rings is 2. The van der Waals surface area contributed by atoms with Crippen LogP contribution in [-0.2, 0) is 4.79 Å². The molecule has 0 radical (unpaired) electrons. The summed E-state index contributed by atoms with van der Waals surface area (Å²) in [4.78, 5) is 12.5. The van der Waals surface area contributed by atoms with Gasteiger partial charge in [0.05, 0.1) is 16.4 Å². The zero-order valence-electron chi connectivity index (χ0n) is 14.8. The van der Waals surface area contributed by atoms with Gasteiger partial charge in [0.1, 0.15) is 5.82 Å². The van der Waals surface area contributed by atoms with Gasteiger partial charge in [0, 0.05) is 22.1 Å². The molecule has 2 aromatic carbocycles. The number of rotatable bonds is 3. The number of hydrogen-bond acceptors (Lipinski definition) is 2. The minimum absolute atomic E-state index is 0.114. The number of anilines is 1. The third kappa shape index (κ3) is 3.92.